The maximum absolute atomic E-state index is 12.7. The highest BCUT2D eigenvalue weighted by atomic mass is 16.5. The first kappa shape index (κ1) is 18.0. The van der Waals surface area contributed by atoms with Gasteiger partial charge in [-0.3, -0.25) is 4.79 Å². The molecule has 3 heterocycles. The lowest BCUT2D eigenvalue weighted by atomic mass is 9.97. The van der Waals surface area contributed by atoms with Gasteiger partial charge in [0.15, 0.2) is 5.82 Å². The summed E-state index contributed by atoms with van der Waals surface area (Å²) in [4.78, 5) is 17.0. The maximum Gasteiger partial charge on any atom is 0.227 e. The number of benzene rings is 1. The van der Waals surface area contributed by atoms with E-state index in [1.165, 1.54) is 12.8 Å². The van der Waals surface area contributed by atoms with Crippen molar-refractivity contribution < 1.29 is 9.53 Å². The summed E-state index contributed by atoms with van der Waals surface area (Å²) in [6.45, 7) is 4.23. The Hall–Kier alpha value is -2.41. The van der Waals surface area contributed by atoms with Crippen molar-refractivity contribution in [3.05, 3.63) is 41.5 Å². The molecule has 0 bridgehead atoms. The Bertz CT molecular complexity index is 818. The molecule has 1 unspecified atom stereocenters. The molecule has 0 aliphatic carbocycles. The fourth-order valence-electron chi connectivity index (χ4n) is 4.14. The van der Waals surface area contributed by atoms with Crippen LogP contribution in [0.5, 0.6) is 5.75 Å². The number of methoxy groups -OCH3 is 1. The molecule has 4 rings (SSSR count). The largest absolute Gasteiger partial charge is 0.497 e. The predicted octanol–water partition coefficient (Wildman–Crippen LogP) is 1.68. The number of nitrogens with zero attached hydrogens (tertiary/aromatic N) is 5. The number of piperidine rings is 1. The number of aromatic nitrogens is 3. The number of likely N-dealkylation sites (N-methyl/N-ethyl adjacent to an activating group) is 1. The second-order valence-corrected chi connectivity index (χ2v) is 7.57. The van der Waals surface area contributed by atoms with Crippen molar-refractivity contribution >= 4 is 5.91 Å². The van der Waals surface area contributed by atoms with Crippen LogP contribution in [0.25, 0.3) is 0 Å². The Kier molecular flexibility index (Phi) is 5.11. The first-order chi connectivity index (χ1) is 13.1. The van der Waals surface area contributed by atoms with E-state index in [4.69, 9.17) is 4.74 Å². The molecular weight excluding hydrogens is 342 g/mol. The van der Waals surface area contributed by atoms with Crippen molar-refractivity contribution in [3.63, 3.8) is 0 Å². The quantitative estimate of drug-likeness (QED) is 0.821. The van der Waals surface area contributed by atoms with Crippen LogP contribution in [-0.4, -0.2) is 64.3 Å². The minimum atomic E-state index is 0.122. The number of ether oxygens (including phenoxy) is 1. The van der Waals surface area contributed by atoms with Crippen LogP contribution in [0.15, 0.2) is 24.3 Å². The standard InChI is InChI=1S/C20H27N5O2/c1-23-8-4-6-16(13-23)20-22-21-18-14-24(9-10-25(18)20)19(26)12-15-5-3-7-17(11-15)27-2/h3,5,7,11,16H,4,6,8-10,12-14H2,1-2H3. The van der Waals surface area contributed by atoms with Gasteiger partial charge in [0.2, 0.25) is 5.91 Å². The van der Waals surface area contributed by atoms with Crippen molar-refractivity contribution in [1.82, 2.24) is 24.6 Å². The number of carbonyl (C=O) groups excluding carboxylic acids is 1. The van der Waals surface area contributed by atoms with E-state index in [9.17, 15) is 4.79 Å². The minimum Gasteiger partial charge on any atom is -0.497 e. The highest BCUT2D eigenvalue weighted by Gasteiger charge is 2.29. The third kappa shape index (κ3) is 3.83. The highest BCUT2D eigenvalue weighted by Crippen LogP contribution is 2.27. The van der Waals surface area contributed by atoms with E-state index in [1.807, 2.05) is 29.2 Å². The molecule has 1 aromatic heterocycles. The topological polar surface area (TPSA) is 63.5 Å². The zero-order valence-electron chi connectivity index (χ0n) is 16.1. The van der Waals surface area contributed by atoms with Crippen molar-refractivity contribution in [2.45, 2.75) is 38.3 Å². The van der Waals surface area contributed by atoms with Gasteiger partial charge in [-0.05, 0) is 44.1 Å². The predicted molar refractivity (Wildman–Crippen MR) is 102 cm³/mol. The van der Waals surface area contributed by atoms with Crippen LogP contribution in [-0.2, 0) is 24.3 Å². The smallest absolute Gasteiger partial charge is 0.227 e. The van der Waals surface area contributed by atoms with Crippen molar-refractivity contribution in [2.24, 2.45) is 0 Å². The summed E-state index contributed by atoms with van der Waals surface area (Å²) in [5.74, 6) is 3.35. The molecule has 0 spiro atoms. The van der Waals surface area contributed by atoms with Crippen LogP contribution in [0.4, 0.5) is 0 Å². The molecule has 7 heteroatoms. The van der Waals surface area contributed by atoms with E-state index < -0.39 is 0 Å². The molecule has 1 amide bonds. The summed E-state index contributed by atoms with van der Waals surface area (Å²) in [5, 5.41) is 8.89. The van der Waals surface area contributed by atoms with Crippen molar-refractivity contribution in [2.75, 3.05) is 33.8 Å². The van der Waals surface area contributed by atoms with E-state index in [0.29, 0.717) is 25.4 Å². The molecule has 1 atom stereocenters. The lowest BCUT2D eigenvalue weighted by Gasteiger charge is -2.32. The average molecular weight is 369 g/mol. The number of hydrogen-bond acceptors (Lipinski definition) is 5. The van der Waals surface area contributed by atoms with E-state index in [2.05, 4.69) is 26.7 Å². The number of rotatable bonds is 4. The van der Waals surface area contributed by atoms with E-state index in [0.717, 1.165) is 42.6 Å². The van der Waals surface area contributed by atoms with Crippen LogP contribution in [0, 0.1) is 0 Å². The molecule has 0 radical (unpaired) electrons. The maximum atomic E-state index is 12.7. The van der Waals surface area contributed by atoms with Crippen LogP contribution >= 0.6 is 0 Å². The second kappa shape index (κ2) is 7.68. The Morgan fingerprint density at radius 3 is 2.96 bits per heavy atom. The third-order valence-electron chi connectivity index (χ3n) is 5.61. The zero-order chi connectivity index (χ0) is 18.8. The van der Waals surface area contributed by atoms with Gasteiger partial charge in [-0.25, -0.2) is 0 Å². The van der Waals surface area contributed by atoms with Gasteiger partial charge in [-0.15, -0.1) is 10.2 Å². The molecule has 0 N–H and O–H groups in total. The van der Waals surface area contributed by atoms with E-state index >= 15 is 0 Å². The van der Waals surface area contributed by atoms with Crippen molar-refractivity contribution in [3.8, 4) is 5.75 Å². The molecule has 0 saturated carbocycles. The Morgan fingerprint density at radius 1 is 1.26 bits per heavy atom. The molecule has 27 heavy (non-hydrogen) atoms. The SMILES string of the molecule is COc1cccc(CC(=O)N2CCn3c(nnc3C3CCCN(C)C3)C2)c1. The molecule has 7 nitrogen and oxygen atoms in total. The zero-order valence-corrected chi connectivity index (χ0v) is 16.1. The summed E-state index contributed by atoms with van der Waals surface area (Å²) in [5.41, 5.74) is 0.970. The van der Waals surface area contributed by atoms with Gasteiger partial charge in [-0.1, -0.05) is 12.1 Å². The minimum absolute atomic E-state index is 0.122. The molecule has 144 valence electrons. The Balaban J connectivity index is 1.43. The normalized spacial score (nSPS) is 20.4. The second-order valence-electron chi connectivity index (χ2n) is 7.57. The molecule has 2 aliphatic rings. The van der Waals surface area contributed by atoms with Gasteiger partial charge in [-0.2, -0.15) is 0 Å². The average Bonchev–Trinajstić information content (AvgIpc) is 3.11. The Morgan fingerprint density at radius 2 is 2.15 bits per heavy atom. The highest BCUT2D eigenvalue weighted by molar-refractivity contribution is 5.79. The van der Waals surface area contributed by atoms with Gasteiger partial charge >= 0.3 is 0 Å². The van der Waals surface area contributed by atoms with Gasteiger partial charge in [0.25, 0.3) is 0 Å². The monoisotopic (exact) mass is 369 g/mol. The lowest BCUT2D eigenvalue weighted by molar-refractivity contribution is -0.132. The molecule has 1 aromatic carbocycles. The summed E-state index contributed by atoms with van der Waals surface area (Å²) in [7, 11) is 3.80. The van der Waals surface area contributed by atoms with Gasteiger partial charge in [0.1, 0.15) is 11.6 Å². The number of likely N-dealkylation sites (tertiary alicyclic amines) is 1. The Labute approximate surface area is 159 Å². The van der Waals surface area contributed by atoms with E-state index in [-0.39, 0.29) is 5.91 Å². The van der Waals surface area contributed by atoms with Crippen LogP contribution in [0.1, 0.15) is 36.0 Å². The van der Waals surface area contributed by atoms with Crippen LogP contribution in [0.2, 0.25) is 0 Å². The third-order valence-corrected chi connectivity index (χ3v) is 5.61. The van der Waals surface area contributed by atoms with Crippen molar-refractivity contribution in [1.29, 1.82) is 0 Å². The summed E-state index contributed by atoms with van der Waals surface area (Å²) in [6, 6.07) is 7.69. The summed E-state index contributed by atoms with van der Waals surface area (Å²) >= 11 is 0. The lowest BCUT2D eigenvalue weighted by Crippen LogP contribution is -2.40. The van der Waals surface area contributed by atoms with Gasteiger partial charge in [0.05, 0.1) is 20.1 Å². The van der Waals surface area contributed by atoms with Gasteiger partial charge < -0.3 is 19.1 Å². The van der Waals surface area contributed by atoms with Gasteiger partial charge in [0, 0.05) is 25.6 Å². The van der Waals surface area contributed by atoms with Crippen LogP contribution in [0.3, 0.4) is 0 Å². The molecule has 2 aromatic rings. The molecule has 1 fully saturated rings. The first-order valence-corrected chi connectivity index (χ1v) is 9.65. The van der Waals surface area contributed by atoms with E-state index in [1.54, 1.807) is 7.11 Å². The molecule has 2 aliphatic heterocycles. The van der Waals surface area contributed by atoms with Crippen LogP contribution < -0.4 is 4.74 Å². The molecule has 1 saturated heterocycles. The number of fused-ring (bicyclic) bond motifs is 1. The molecular formula is C20H27N5O2. The fraction of sp³-hybridized carbons (Fsp3) is 0.550. The fourth-order valence-corrected chi connectivity index (χ4v) is 4.14. The summed E-state index contributed by atoms with van der Waals surface area (Å²) in [6.07, 6.45) is 2.75. The number of carbonyl (C=O) groups is 1. The summed E-state index contributed by atoms with van der Waals surface area (Å²) < 4.78 is 7.48. The number of hydrogen-bond donors (Lipinski definition) is 0. The first-order valence-electron chi connectivity index (χ1n) is 9.65. The number of amides is 1.